The van der Waals surface area contributed by atoms with Gasteiger partial charge in [-0.05, 0) is 80.3 Å². The third kappa shape index (κ3) is 4.77. The normalized spacial score (nSPS) is 17.0. The van der Waals surface area contributed by atoms with Gasteiger partial charge < -0.3 is 15.5 Å². The number of carboxylic acids is 2. The summed E-state index contributed by atoms with van der Waals surface area (Å²) < 4.78 is 47.8. The monoisotopic (exact) mass is 458 g/mol. The van der Waals surface area contributed by atoms with Crippen LogP contribution in [0, 0.1) is 12.7 Å². The Morgan fingerprint density at radius 3 is 2.12 bits per heavy atom. The molecule has 174 valence electrons. The summed E-state index contributed by atoms with van der Waals surface area (Å²) in [7, 11) is 0. The molecule has 32 heavy (non-hydrogen) atoms. The maximum atomic E-state index is 14.9. The minimum absolute atomic E-state index is 0.132. The van der Waals surface area contributed by atoms with Crippen molar-refractivity contribution >= 4 is 17.5 Å². The summed E-state index contributed by atoms with van der Waals surface area (Å²) in [6, 6.07) is 1.51. The van der Waals surface area contributed by atoms with Gasteiger partial charge in [-0.3, -0.25) is 9.20 Å². The highest BCUT2D eigenvalue weighted by Gasteiger charge is 2.38. The number of piperidine rings is 1. The van der Waals surface area contributed by atoms with Crippen LogP contribution in [-0.2, 0) is 4.79 Å². The Morgan fingerprint density at radius 1 is 1.09 bits per heavy atom. The number of nitrogens with zero attached hydrogens (tertiary/aromatic N) is 1. The van der Waals surface area contributed by atoms with Crippen LogP contribution in [0.2, 0.25) is 0 Å². The number of rotatable bonds is 3. The highest BCUT2D eigenvalue weighted by Crippen LogP contribution is 2.44. The van der Waals surface area contributed by atoms with Crippen molar-refractivity contribution in [1.82, 2.24) is 9.72 Å². The number of fused-ring (bicyclic) bond motifs is 1. The average Bonchev–Trinajstić information content (AvgIpc) is 3.54. The molecule has 0 amide bonds. The lowest BCUT2D eigenvalue weighted by Crippen LogP contribution is -2.29. The van der Waals surface area contributed by atoms with E-state index in [4.69, 9.17) is 9.90 Å². The lowest BCUT2D eigenvalue weighted by atomic mass is 9.86. The number of hydrogen-bond donors (Lipinski definition) is 3. The first-order valence-electron chi connectivity index (χ1n) is 10.1. The van der Waals surface area contributed by atoms with E-state index in [1.54, 1.807) is 0 Å². The SMILES string of the molecule is Cc1c(C2CCNCC2)c(F)cn2c(=O)c(C(=O)O)cc(C3CC3)c12.O=C(O)C(F)(F)F. The van der Waals surface area contributed by atoms with E-state index in [0.717, 1.165) is 49.9 Å². The van der Waals surface area contributed by atoms with Gasteiger partial charge >= 0.3 is 18.1 Å². The summed E-state index contributed by atoms with van der Waals surface area (Å²) in [4.78, 5) is 32.9. The van der Waals surface area contributed by atoms with Crippen LogP contribution in [0.1, 0.15) is 64.6 Å². The standard InChI is InChI=1S/C19H21FN2O3.C2HF3O2/c1-10-16(12-4-6-21-7-5-12)15(20)9-22-17(10)13(11-2-3-11)8-14(18(22)23)19(24)25;3-2(4,5)1(6)7/h8-9,11-12,21H,2-7H2,1H3,(H,24,25);(H,6,7). The number of carboxylic acid groups (broad SMARTS) is 2. The van der Waals surface area contributed by atoms with Crippen LogP contribution in [-0.4, -0.2) is 45.8 Å². The number of aromatic nitrogens is 1. The van der Waals surface area contributed by atoms with Gasteiger partial charge in [0.25, 0.3) is 5.56 Å². The molecule has 3 N–H and O–H groups in total. The molecule has 1 saturated heterocycles. The molecule has 0 spiro atoms. The Bertz CT molecular complexity index is 1120. The summed E-state index contributed by atoms with van der Waals surface area (Å²) in [6.07, 6.45) is -0.201. The largest absolute Gasteiger partial charge is 0.490 e. The fraction of sp³-hybridized carbons (Fsp3) is 0.476. The molecule has 2 fully saturated rings. The summed E-state index contributed by atoms with van der Waals surface area (Å²) in [6.45, 7) is 3.57. The second-order valence-corrected chi connectivity index (χ2v) is 7.96. The Kier molecular flexibility index (Phi) is 6.59. The molecule has 1 aliphatic carbocycles. The van der Waals surface area contributed by atoms with Crippen LogP contribution < -0.4 is 10.9 Å². The van der Waals surface area contributed by atoms with E-state index in [1.807, 2.05) is 6.92 Å². The molecular formula is C21H22F4N2O5. The van der Waals surface area contributed by atoms with Crippen LogP contribution in [0.3, 0.4) is 0 Å². The first-order valence-corrected chi connectivity index (χ1v) is 10.1. The molecule has 2 aromatic rings. The summed E-state index contributed by atoms with van der Waals surface area (Å²) in [5, 5.41) is 19.7. The van der Waals surface area contributed by atoms with Crippen molar-refractivity contribution in [1.29, 1.82) is 0 Å². The van der Waals surface area contributed by atoms with Gasteiger partial charge in [0.2, 0.25) is 0 Å². The lowest BCUT2D eigenvalue weighted by Gasteiger charge is -2.26. The van der Waals surface area contributed by atoms with Crippen molar-refractivity contribution in [3.63, 3.8) is 0 Å². The van der Waals surface area contributed by atoms with Crippen LogP contribution in [0.15, 0.2) is 17.1 Å². The Balaban J connectivity index is 0.000000360. The van der Waals surface area contributed by atoms with Crippen LogP contribution in [0.4, 0.5) is 17.6 Å². The van der Waals surface area contributed by atoms with E-state index in [2.05, 4.69) is 5.32 Å². The topological polar surface area (TPSA) is 108 Å². The van der Waals surface area contributed by atoms with E-state index in [0.29, 0.717) is 11.1 Å². The van der Waals surface area contributed by atoms with Crippen molar-refractivity contribution < 1.29 is 37.4 Å². The molecule has 7 nitrogen and oxygen atoms in total. The maximum Gasteiger partial charge on any atom is 0.490 e. The number of aliphatic carboxylic acids is 1. The van der Waals surface area contributed by atoms with Crippen molar-refractivity contribution in [2.24, 2.45) is 0 Å². The first kappa shape index (κ1) is 23.7. The van der Waals surface area contributed by atoms with E-state index in [1.165, 1.54) is 16.7 Å². The quantitative estimate of drug-likeness (QED) is 0.609. The molecule has 2 aliphatic rings. The van der Waals surface area contributed by atoms with Gasteiger partial charge in [-0.25, -0.2) is 14.0 Å². The van der Waals surface area contributed by atoms with Gasteiger partial charge in [0.1, 0.15) is 11.4 Å². The van der Waals surface area contributed by atoms with Crippen LogP contribution in [0.5, 0.6) is 0 Å². The summed E-state index contributed by atoms with van der Waals surface area (Å²) >= 11 is 0. The van der Waals surface area contributed by atoms with Crippen LogP contribution >= 0.6 is 0 Å². The minimum Gasteiger partial charge on any atom is -0.477 e. The number of halogens is 4. The van der Waals surface area contributed by atoms with Gasteiger partial charge in [0, 0.05) is 6.20 Å². The number of pyridine rings is 2. The van der Waals surface area contributed by atoms with E-state index >= 15 is 0 Å². The Morgan fingerprint density at radius 2 is 1.66 bits per heavy atom. The second-order valence-electron chi connectivity index (χ2n) is 7.96. The molecular weight excluding hydrogens is 436 g/mol. The zero-order valence-electron chi connectivity index (χ0n) is 17.1. The maximum absolute atomic E-state index is 14.9. The number of aryl methyl sites for hydroxylation is 1. The van der Waals surface area contributed by atoms with Gasteiger partial charge in [0.15, 0.2) is 0 Å². The Hall–Kier alpha value is -2.95. The summed E-state index contributed by atoms with van der Waals surface area (Å²) in [5.74, 6) is -4.04. The van der Waals surface area contributed by atoms with Crippen molar-refractivity contribution in [3.8, 4) is 0 Å². The molecule has 0 atom stereocenters. The van der Waals surface area contributed by atoms with E-state index in [9.17, 15) is 32.3 Å². The summed E-state index contributed by atoms with van der Waals surface area (Å²) in [5.41, 5.74) is 2.09. The zero-order valence-corrected chi connectivity index (χ0v) is 17.1. The number of alkyl halides is 3. The van der Waals surface area contributed by atoms with Crippen molar-refractivity contribution in [2.45, 2.75) is 50.6 Å². The Labute approximate surface area is 179 Å². The van der Waals surface area contributed by atoms with Gasteiger partial charge in [-0.2, -0.15) is 13.2 Å². The van der Waals surface area contributed by atoms with Gasteiger partial charge in [-0.1, -0.05) is 0 Å². The number of nitrogens with one attached hydrogen (secondary N) is 1. The average molecular weight is 458 g/mol. The number of aromatic carboxylic acids is 1. The predicted octanol–water partition coefficient (Wildman–Crippen LogP) is 3.42. The second kappa shape index (κ2) is 8.89. The molecule has 3 heterocycles. The molecule has 0 unspecified atom stereocenters. The van der Waals surface area contributed by atoms with E-state index < -0.39 is 29.5 Å². The molecule has 2 aromatic heterocycles. The lowest BCUT2D eigenvalue weighted by molar-refractivity contribution is -0.192. The third-order valence-electron chi connectivity index (χ3n) is 5.76. The molecule has 1 aliphatic heterocycles. The first-order chi connectivity index (χ1) is 14.9. The van der Waals surface area contributed by atoms with E-state index in [-0.39, 0.29) is 17.4 Å². The minimum atomic E-state index is -5.08. The highest BCUT2D eigenvalue weighted by atomic mass is 19.4. The molecule has 11 heteroatoms. The molecule has 0 bridgehead atoms. The molecule has 1 saturated carbocycles. The van der Waals surface area contributed by atoms with Crippen LogP contribution in [0.25, 0.3) is 5.52 Å². The number of hydrogen-bond acceptors (Lipinski definition) is 4. The molecule has 4 rings (SSSR count). The van der Waals surface area contributed by atoms with Crippen molar-refractivity contribution in [3.05, 3.63) is 50.7 Å². The smallest absolute Gasteiger partial charge is 0.477 e. The zero-order chi connectivity index (χ0) is 23.8. The molecule has 0 aromatic carbocycles. The third-order valence-corrected chi connectivity index (χ3v) is 5.76. The highest BCUT2D eigenvalue weighted by molar-refractivity contribution is 5.88. The fourth-order valence-corrected chi connectivity index (χ4v) is 4.14. The predicted molar refractivity (Wildman–Crippen MR) is 106 cm³/mol. The number of carbonyl (C=O) groups is 2. The molecule has 0 radical (unpaired) electrons. The van der Waals surface area contributed by atoms with Gasteiger partial charge in [0.05, 0.1) is 5.52 Å². The van der Waals surface area contributed by atoms with Gasteiger partial charge in [-0.15, -0.1) is 0 Å². The fourth-order valence-electron chi connectivity index (χ4n) is 4.14. The van der Waals surface area contributed by atoms with Crippen molar-refractivity contribution in [2.75, 3.05) is 13.1 Å².